The van der Waals surface area contributed by atoms with E-state index in [-0.39, 0.29) is 74.4 Å². The zero-order valence-corrected chi connectivity index (χ0v) is 9.90. The third-order valence-corrected chi connectivity index (χ3v) is 0. The molecule has 9 radical (unpaired) electrons. The van der Waals surface area contributed by atoms with E-state index in [2.05, 4.69) is 0 Å². The van der Waals surface area contributed by atoms with Gasteiger partial charge in [-0.05, 0) is 0 Å². The quantitative estimate of drug-likeness (QED) is 0.570. The fourth-order valence-electron chi connectivity index (χ4n) is 0. The molecule has 0 spiro atoms. The number of hydrogen-bond acceptors (Lipinski definition) is 1. The molecule has 0 unspecified atom stereocenters. The van der Waals surface area contributed by atoms with Crippen LogP contribution in [0.15, 0.2) is 0 Å². The molecule has 0 aromatic heterocycles. The Bertz CT molecular complexity index is 8.00. The van der Waals surface area contributed by atoms with E-state index in [1.165, 1.54) is 0 Å². The van der Waals surface area contributed by atoms with Crippen LogP contribution in [0.3, 0.4) is 0 Å². The van der Waals surface area contributed by atoms with Crippen LogP contribution in [0, 0.1) is 0 Å². The molecule has 0 heterocycles. The summed E-state index contributed by atoms with van der Waals surface area (Å²) < 4.78 is 0. The molecule has 0 aromatic rings. The van der Waals surface area contributed by atoms with E-state index in [0.717, 1.165) is 0 Å². The van der Waals surface area contributed by atoms with E-state index in [9.17, 15) is 0 Å². The van der Waals surface area contributed by atoms with E-state index < -0.39 is 0 Å². The van der Waals surface area contributed by atoms with Crippen molar-refractivity contribution < 1.29 is 0 Å². The summed E-state index contributed by atoms with van der Waals surface area (Å²) in [6.07, 6.45) is 0. The van der Waals surface area contributed by atoms with Gasteiger partial charge in [0.15, 0.2) is 0 Å². The molecule has 0 fully saturated rings. The van der Waals surface area contributed by atoms with Gasteiger partial charge < -0.3 is 6.15 Å². The zero-order valence-electron chi connectivity index (χ0n) is 2.18. The fraction of sp³-hybridized carbons (Fsp3) is 0. The second-order valence-electron chi connectivity index (χ2n) is 0. The molecule has 0 rings (SSSR count). The fourth-order valence-corrected chi connectivity index (χ4v) is 0. The molecule has 3 N–H and O–H groups in total. The Hall–Kier alpha value is 2.21. The second kappa shape index (κ2) is 18.9. The molecule has 0 aliphatic heterocycles. The van der Waals surface area contributed by atoms with Crippen LogP contribution in [0.25, 0.3) is 0 Å². The van der Waals surface area contributed by atoms with Crippen molar-refractivity contribution in [3.05, 3.63) is 0 Å². The summed E-state index contributed by atoms with van der Waals surface area (Å²) >= 11 is 0. The van der Waals surface area contributed by atoms with E-state index >= 15 is 0 Å². The molecule has 0 bridgehead atoms. The molecule has 0 saturated heterocycles. The maximum absolute atomic E-state index is 0. The van der Waals surface area contributed by atoms with Gasteiger partial charge in [0.2, 0.25) is 0 Å². The van der Waals surface area contributed by atoms with Gasteiger partial charge in [-0.1, -0.05) is 0 Å². The molecular weight excluding hydrogens is 326 g/mol. The standard InChI is InChI=1S/As.In.H3N.Sb/h;;1H3;. The Kier molecular flexibility index (Phi) is 163. The van der Waals surface area contributed by atoms with Crippen molar-refractivity contribution in [3.63, 3.8) is 0 Å². The molecule has 0 aromatic carbocycles. The van der Waals surface area contributed by atoms with Gasteiger partial charge in [0, 0.05) is 68.2 Å². The third kappa shape index (κ3) is 8.88. The molecule has 4 heteroatoms. The van der Waals surface area contributed by atoms with Crippen molar-refractivity contribution in [2.75, 3.05) is 0 Å². The first kappa shape index (κ1) is 34.6. The molecule has 1 nitrogen and oxygen atoms in total. The van der Waals surface area contributed by atoms with Gasteiger partial charge in [-0.2, -0.15) is 0 Å². The summed E-state index contributed by atoms with van der Waals surface area (Å²) in [5.74, 6) is 0. The first-order valence-corrected chi connectivity index (χ1v) is 0. The summed E-state index contributed by atoms with van der Waals surface area (Å²) in [4.78, 5) is 0. The molecule has 0 aliphatic rings. The summed E-state index contributed by atoms with van der Waals surface area (Å²) in [5, 5.41) is 0. The van der Waals surface area contributed by atoms with Crippen LogP contribution in [0.5, 0.6) is 0 Å². The van der Waals surface area contributed by atoms with Crippen LogP contribution >= 0.6 is 0 Å². The Morgan fingerprint density at radius 3 is 1.00 bits per heavy atom. The Morgan fingerprint density at radius 1 is 1.00 bits per heavy atom. The van der Waals surface area contributed by atoms with Gasteiger partial charge >= 0.3 is 0 Å². The summed E-state index contributed by atoms with van der Waals surface area (Å²) in [6.45, 7) is 0. The van der Waals surface area contributed by atoms with Gasteiger partial charge in [-0.15, -0.1) is 0 Å². The average Bonchev–Trinajstić information content (AvgIpc) is 0. The molecular formula is H3AsInNSb. The van der Waals surface area contributed by atoms with Gasteiger partial charge in [0.1, 0.15) is 0 Å². The van der Waals surface area contributed by atoms with Crippen molar-refractivity contribution >= 4 is 68.2 Å². The molecule has 21 valence electrons. The van der Waals surface area contributed by atoms with Crippen LogP contribution in [0.1, 0.15) is 0 Å². The van der Waals surface area contributed by atoms with Crippen molar-refractivity contribution in [2.24, 2.45) is 0 Å². The van der Waals surface area contributed by atoms with E-state index in [4.69, 9.17) is 0 Å². The van der Waals surface area contributed by atoms with Crippen LogP contribution in [-0.2, 0) is 0 Å². The minimum Gasteiger partial charge on any atom is -0.344 e. The monoisotopic (exact) mass is 328 g/mol. The first-order valence-electron chi connectivity index (χ1n) is 0. The van der Waals surface area contributed by atoms with Crippen LogP contribution in [0.4, 0.5) is 0 Å². The molecule has 0 saturated carbocycles. The Balaban J connectivity index is 0. The second-order valence-corrected chi connectivity index (χ2v) is 0. The molecule has 0 amide bonds. The average molecular weight is 329 g/mol. The van der Waals surface area contributed by atoms with Crippen molar-refractivity contribution in [1.29, 1.82) is 0 Å². The van der Waals surface area contributed by atoms with E-state index in [1.807, 2.05) is 0 Å². The first-order chi connectivity index (χ1) is 0. The minimum atomic E-state index is 0. The smallest absolute Gasteiger partial charge is 0 e. The predicted molar refractivity (Wildman–Crippen MR) is 22.3 cm³/mol. The molecule has 0 atom stereocenters. The van der Waals surface area contributed by atoms with Gasteiger partial charge in [0.05, 0.1) is 0 Å². The van der Waals surface area contributed by atoms with Crippen molar-refractivity contribution in [2.45, 2.75) is 0 Å². The largest absolute Gasteiger partial charge is 0.344 e. The minimum absolute atomic E-state index is 0. The van der Waals surface area contributed by atoms with Gasteiger partial charge in [-0.3, -0.25) is 0 Å². The van der Waals surface area contributed by atoms with Gasteiger partial charge in [-0.25, -0.2) is 0 Å². The Morgan fingerprint density at radius 2 is 1.00 bits per heavy atom. The maximum Gasteiger partial charge on any atom is 0 e. The number of rotatable bonds is 0. The molecule has 4 heavy (non-hydrogen) atoms. The number of hydrogen-bond donors (Lipinski definition) is 1. The van der Waals surface area contributed by atoms with Crippen LogP contribution in [-0.4, -0.2) is 68.2 Å². The maximum atomic E-state index is 0. The molecule has 0 aliphatic carbocycles. The van der Waals surface area contributed by atoms with Crippen LogP contribution in [0.2, 0.25) is 0 Å². The summed E-state index contributed by atoms with van der Waals surface area (Å²) in [5.41, 5.74) is 0. The summed E-state index contributed by atoms with van der Waals surface area (Å²) in [7, 11) is 0. The van der Waals surface area contributed by atoms with Gasteiger partial charge in [0.25, 0.3) is 0 Å². The normalized spacial score (nSPS) is 0. The predicted octanol–water partition coefficient (Wildman–Crippen LogP) is -0.980. The Labute approximate surface area is 73.4 Å². The van der Waals surface area contributed by atoms with Crippen LogP contribution < -0.4 is 6.15 Å². The third-order valence-electron chi connectivity index (χ3n) is 0. The van der Waals surface area contributed by atoms with E-state index in [0.29, 0.717) is 0 Å². The SMILES string of the molecule is N.[As].[In].[Sb]. The van der Waals surface area contributed by atoms with E-state index in [1.54, 1.807) is 0 Å². The van der Waals surface area contributed by atoms with Crippen molar-refractivity contribution in [1.82, 2.24) is 6.15 Å². The zero-order chi connectivity index (χ0) is 0. The topological polar surface area (TPSA) is 35.0 Å². The van der Waals surface area contributed by atoms with Crippen molar-refractivity contribution in [3.8, 4) is 0 Å². The summed E-state index contributed by atoms with van der Waals surface area (Å²) in [6, 6.07) is 0.